The molecule has 0 radical (unpaired) electrons. The molecule has 2 aromatic carbocycles. The van der Waals surface area contributed by atoms with Crippen molar-refractivity contribution in [3.63, 3.8) is 0 Å². The third-order valence-corrected chi connectivity index (χ3v) is 9.48. The van der Waals surface area contributed by atoms with Gasteiger partial charge in [0.1, 0.15) is 30.0 Å². The number of sulfonamides is 1. The second-order valence-electron chi connectivity index (χ2n) is 12.3. The van der Waals surface area contributed by atoms with E-state index >= 15 is 0 Å². The first-order chi connectivity index (χ1) is 26.4. The van der Waals surface area contributed by atoms with Gasteiger partial charge in [-0.3, -0.25) is 9.59 Å². The molecule has 1 aliphatic heterocycles. The van der Waals surface area contributed by atoms with Crippen LogP contribution in [0.15, 0.2) is 59.5 Å². The fourth-order valence-electron chi connectivity index (χ4n) is 5.27. The molecule has 0 bridgehead atoms. The lowest BCUT2D eigenvalue weighted by Gasteiger charge is -2.18. The number of methoxy groups -OCH3 is 1. The van der Waals surface area contributed by atoms with Crippen molar-refractivity contribution in [1.29, 1.82) is 0 Å². The minimum Gasteiger partial charge on any atom is -0.491 e. The summed E-state index contributed by atoms with van der Waals surface area (Å²) in [5, 5.41) is 19.1. The zero-order valence-corrected chi connectivity index (χ0v) is 31.1. The average Bonchev–Trinajstić information content (AvgIpc) is 3.15. The summed E-state index contributed by atoms with van der Waals surface area (Å²) in [5.74, 6) is -0.306. The van der Waals surface area contributed by atoms with Gasteiger partial charge in [0.25, 0.3) is 0 Å². The number of carbonyl (C=O) groups excluding carboxylic acids is 1. The number of carbonyl (C=O) groups is 2. The van der Waals surface area contributed by atoms with Gasteiger partial charge in [0, 0.05) is 20.2 Å². The quantitative estimate of drug-likeness (QED) is 0.0819. The van der Waals surface area contributed by atoms with E-state index in [4.69, 9.17) is 23.7 Å². The summed E-state index contributed by atoms with van der Waals surface area (Å²) in [7, 11) is -3.12. The molecule has 302 valence electrons. The minimum atomic E-state index is -4.81. The second kappa shape index (κ2) is 21.5. The molecule has 19 heteroatoms. The maximum absolute atomic E-state index is 13.2. The first-order valence-corrected chi connectivity index (χ1v) is 19.0. The molecular weight excluding hydrogens is 751 g/mol. The Hall–Kier alpha value is -4.53. The predicted octanol–water partition coefficient (Wildman–Crippen LogP) is 3.95. The number of benzene rings is 2. The van der Waals surface area contributed by atoms with Crippen LogP contribution in [0.4, 0.5) is 30.5 Å². The lowest BCUT2D eigenvalue weighted by Crippen LogP contribution is -2.42. The highest BCUT2D eigenvalue weighted by Crippen LogP contribution is 2.31. The van der Waals surface area contributed by atoms with Gasteiger partial charge in [0.05, 0.1) is 62.4 Å². The van der Waals surface area contributed by atoms with Crippen LogP contribution < -0.4 is 25.4 Å². The largest absolute Gasteiger partial charge is 0.491 e. The van der Waals surface area contributed by atoms with Gasteiger partial charge in [0.2, 0.25) is 15.9 Å². The number of hydrogen-bond donors (Lipinski definition) is 5. The van der Waals surface area contributed by atoms with E-state index in [1.165, 1.54) is 23.8 Å². The Labute approximate surface area is 317 Å². The van der Waals surface area contributed by atoms with E-state index in [0.29, 0.717) is 57.3 Å². The number of aromatic nitrogens is 1. The number of aryl methyl sites for hydroxylation is 1. The van der Waals surface area contributed by atoms with E-state index in [-0.39, 0.29) is 43.4 Å². The number of alkyl halides is 3. The van der Waals surface area contributed by atoms with E-state index in [0.717, 1.165) is 37.3 Å². The number of anilines is 3. The number of fused-ring (bicyclic) bond motifs is 1. The van der Waals surface area contributed by atoms with Gasteiger partial charge in [-0.1, -0.05) is 18.2 Å². The summed E-state index contributed by atoms with van der Waals surface area (Å²) in [5.41, 5.74) is 0.397. The van der Waals surface area contributed by atoms with Crippen LogP contribution in [-0.2, 0) is 57.6 Å². The molecule has 3 aromatic rings. The van der Waals surface area contributed by atoms with Crippen LogP contribution in [0.2, 0.25) is 0 Å². The molecule has 0 saturated carbocycles. The molecule has 0 spiro atoms. The molecule has 2 heterocycles. The predicted molar refractivity (Wildman–Crippen MR) is 196 cm³/mol. The van der Waals surface area contributed by atoms with Crippen molar-refractivity contribution in [3.8, 4) is 5.75 Å². The van der Waals surface area contributed by atoms with Gasteiger partial charge in [-0.2, -0.15) is 17.9 Å². The fourth-order valence-corrected chi connectivity index (χ4v) is 6.50. The number of hydrogen-bond acceptors (Lipinski definition) is 12. The molecule has 0 unspecified atom stereocenters. The van der Waals surface area contributed by atoms with Crippen molar-refractivity contribution in [2.45, 2.75) is 42.8 Å². The van der Waals surface area contributed by atoms with Crippen molar-refractivity contribution >= 4 is 39.2 Å². The second-order valence-corrected chi connectivity index (χ2v) is 14.0. The summed E-state index contributed by atoms with van der Waals surface area (Å²) >= 11 is 0. The summed E-state index contributed by atoms with van der Waals surface area (Å²) in [6.45, 7) is 3.20. The van der Waals surface area contributed by atoms with Gasteiger partial charge in [-0.15, -0.1) is 0 Å². The normalized spacial score (nSPS) is 13.4. The van der Waals surface area contributed by atoms with Gasteiger partial charge in [-0.25, -0.2) is 13.4 Å². The Morgan fingerprint density at radius 2 is 1.71 bits per heavy atom. The van der Waals surface area contributed by atoms with Crippen molar-refractivity contribution < 1.29 is 60.0 Å². The van der Waals surface area contributed by atoms with Crippen molar-refractivity contribution in [2.75, 3.05) is 89.0 Å². The lowest BCUT2D eigenvalue weighted by molar-refractivity contribution is -0.139. The number of pyridine rings is 1. The summed E-state index contributed by atoms with van der Waals surface area (Å²) in [4.78, 5) is 28.9. The zero-order chi connectivity index (χ0) is 39.7. The van der Waals surface area contributed by atoms with E-state index in [1.54, 1.807) is 7.11 Å². The first-order valence-electron chi connectivity index (χ1n) is 17.5. The number of carboxylic acid groups (broad SMARTS) is 1. The standard InChI is InChI=1S/C36H46F3N5O10S/c1-50-15-16-51-17-18-52-19-20-53-24-33(45)42-29-21-25(22-30(35(46)47)44-55(48,49)28-7-2-6-27(23-28)36(37,38)39)8-10-31(29)54-14-4-13-40-32-11-9-26-5-3-12-41-34(26)43-32/h2,6-11,21,23,30,44H,3-5,12-20,22,24H2,1H3,(H,42,45)(H,46,47)(H2,40,41,43)/t30-/m0/s1. The number of carboxylic acids is 1. The van der Waals surface area contributed by atoms with Crippen molar-refractivity contribution in [1.82, 2.24) is 9.71 Å². The maximum atomic E-state index is 13.2. The Bertz CT molecular complexity index is 1820. The minimum absolute atomic E-state index is 0.114. The first kappa shape index (κ1) is 43.2. The Morgan fingerprint density at radius 1 is 0.964 bits per heavy atom. The topological polar surface area (TPSA) is 196 Å². The third kappa shape index (κ3) is 14.6. The third-order valence-electron chi connectivity index (χ3n) is 8.01. The van der Waals surface area contributed by atoms with E-state index in [2.05, 4.69) is 20.9 Å². The fraction of sp³-hybridized carbons (Fsp3) is 0.472. The number of halogens is 3. The SMILES string of the molecule is COCCOCCOCCOCC(=O)Nc1cc(C[C@H](NS(=O)(=O)c2cccc(C(F)(F)F)c2)C(=O)O)ccc1OCCCNc1ccc2c(n1)NCCC2. The lowest BCUT2D eigenvalue weighted by atomic mass is 10.1. The molecule has 1 aliphatic rings. The van der Waals surface area contributed by atoms with Gasteiger partial charge in [-0.05, 0) is 73.2 Å². The van der Waals surface area contributed by atoms with Gasteiger partial charge >= 0.3 is 12.1 Å². The summed E-state index contributed by atoms with van der Waals surface area (Å²) in [6.07, 6.45) is -2.67. The van der Waals surface area contributed by atoms with Crippen LogP contribution in [0.3, 0.4) is 0 Å². The van der Waals surface area contributed by atoms with Gasteiger partial charge in [0.15, 0.2) is 0 Å². The Kier molecular flexibility index (Phi) is 16.9. The van der Waals surface area contributed by atoms with Crippen LogP contribution in [0, 0.1) is 0 Å². The molecule has 15 nitrogen and oxygen atoms in total. The smallest absolute Gasteiger partial charge is 0.416 e. The molecule has 4 rings (SSSR count). The number of amides is 1. The maximum Gasteiger partial charge on any atom is 0.416 e. The molecule has 1 amide bonds. The molecule has 5 N–H and O–H groups in total. The highest BCUT2D eigenvalue weighted by Gasteiger charge is 2.33. The number of nitrogens with one attached hydrogen (secondary N) is 4. The zero-order valence-electron chi connectivity index (χ0n) is 30.3. The highest BCUT2D eigenvalue weighted by atomic mass is 32.2. The van der Waals surface area contributed by atoms with E-state index in [9.17, 15) is 36.3 Å². The number of rotatable bonds is 24. The highest BCUT2D eigenvalue weighted by molar-refractivity contribution is 7.89. The monoisotopic (exact) mass is 797 g/mol. The molecule has 0 saturated heterocycles. The number of ether oxygens (including phenoxy) is 5. The van der Waals surface area contributed by atoms with Crippen LogP contribution in [0.5, 0.6) is 5.75 Å². The Morgan fingerprint density at radius 3 is 2.44 bits per heavy atom. The molecule has 0 aliphatic carbocycles. The molecule has 1 atom stereocenters. The average molecular weight is 798 g/mol. The molecule has 0 fully saturated rings. The van der Waals surface area contributed by atoms with Crippen LogP contribution in [0.1, 0.15) is 29.5 Å². The number of aliphatic carboxylic acids is 1. The summed E-state index contributed by atoms with van der Waals surface area (Å²) in [6, 6.07) is 9.56. The molecule has 1 aromatic heterocycles. The number of nitrogens with zero attached hydrogens (tertiary/aromatic N) is 1. The van der Waals surface area contributed by atoms with Crippen LogP contribution >= 0.6 is 0 Å². The molecular formula is C36H46F3N5O10S. The van der Waals surface area contributed by atoms with Crippen LogP contribution in [0.25, 0.3) is 0 Å². The van der Waals surface area contributed by atoms with Gasteiger partial charge < -0.3 is 44.7 Å². The van der Waals surface area contributed by atoms with E-state index < -0.39 is 51.0 Å². The Balaban J connectivity index is 1.38. The van der Waals surface area contributed by atoms with Crippen LogP contribution in [-0.4, -0.2) is 109 Å². The molecule has 55 heavy (non-hydrogen) atoms. The van der Waals surface area contributed by atoms with Crippen molar-refractivity contribution in [3.05, 3.63) is 71.3 Å². The summed E-state index contributed by atoms with van der Waals surface area (Å²) < 4.78 is 94.6. The van der Waals surface area contributed by atoms with Crippen molar-refractivity contribution in [2.24, 2.45) is 0 Å². The van der Waals surface area contributed by atoms with E-state index in [1.807, 2.05) is 16.9 Å².